The van der Waals surface area contributed by atoms with Crippen molar-refractivity contribution in [3.63, 3.8) is 0 Å². The maximum atomic E-state index is 2.41. The largest absolute Gasteiger partial charge is 0.343 e. The molecule has 0 unspecified atom stereocenters. The van der Waals surface area contributed by atoms with Crippen molar-refractivity contribution >= 4 is 22.6 Å². The molecule has 60 valence electrons. The summed E-state index contributed by atoms with van der Waals surface area (Å²) in [6.45, 7) is 0. The lowest BCUT2D eigenvalue weighted by Gasteiger charge is -2.12. The molecular formula is C9H12IN. The lowest BCUT2D eigenvalue weighted by Crippen LogP contribution is -2.05. The van der Waals surface area contributed by atoms with E-state index in [0.717, 1.165) is 0 Å². The van der Waals surface area contributed by atoms with Crippen LogP contribution in [0.3, 0.4) is 0 Å². The molecule has 0 bridgehead atoms. The van der Waals surface area contributed by atoms with Crippen molar-refractivity contribution in [1.82, 2.24) is 4.57 Å². The molecule has 2 rings (SSSR count). The molecule has 0 spiro atoms. The van der Waals surface area contributed by atoms with Crippen LogP contribution >= 0.6 is 22.6 Å². The summed E-state index contributed by atoms with van der Waals surface area (Å²) >= 11 is 2.41. The van der Waals surface area contributed by atoms with E-state index in [9.17, 15) is 0 Å². The maximum absolute atomic E-state index is 2.41. The third kappa shape index (κ3) is 1.21. The van der Waals surface area contributed by atoms with Gasteiger partial charge in [0.2, 0.25) is 0 Å². The van der Waals surface area contributed by atoms with Crippen molar-refractivity contribution < 1.29 is 0 Å². The zero-order valence-corrected chi connectivity index (χ0v) is 8.89. The SMILES string of the molecule is Cn1c(I)cc2c1CCCC2. The van der Waals surface area contributed by atoms with Crippen molar-refractivity contribution in [2.45, 2.75) is 25.7 Å². The highest BCUT2D eigenvalue weighted by molar-refractivity contribution is 14.1. The monoisotopic (exact) mass is 261 g/mol. The third-order valence-electron chi connectivity index (χ3n) is 2.50. The van der Waals surface area contributed by atoms with Crippen LogP contribution in [0.2, 0.25) is 0 Å². The molecule has 1 aliphatic carbocycles. The molecule has 0 amide bonds. The number of rotatable bonds is 0. The number of fused-ring (bicyclic) bond motifs is 1. The van der Waals surface area contributed by atoms with Gasteiger partial charge in [-0.05, 0) is 59.9 Å². The summed E-state index contributed by atoms with van der Waals surface area (Å²) in [5.74, 6) is 0. The van der Waals surface area contributed by atoms with Crippen LogP contribution in [-0.2, 0) is 19.9 Å². The molecule has 1 aromatic heterocycles. The summed E-state index contributed by atoms with van der Waals surface area (Å²) in [5, 5.41) is 0. The van der Waals surface area contributed by atoms with Gasteiger partial charge in [0.1, 0.15) is 0 Å². The highest BCUT2D eigenvalue weighted by atomic mass is 127. The van der Waals surface area contributed by atoms with Crippen LogP contribution < -0.4 is 0 Å². The molecule has 0 fully saturated rings. The Kier molecular flexibility index (Phi) is 1.95. The fourth-order valence-electron chi connectivity index (χ4n) is 1.82. The van der Waals surface area contributed by atoms with Gasteiger partial charge in [0.05, 0.1) is 3.70 Å². The van der Waals surface area contributed by atoms with Crippen LogP contribution in [0.5, 0.6) is 0 Å². The summed E-state index contributed by atoms with van der Waals surface area (Å²) < 4.78 is 3.71. The van der Waals surface area contributed by atoms with Gasteiger partial charge in [0.25, 0.3) is 0 Å². The molecule has 1 nitrogen and oxygen atoms in total. The Bertz CT molecular complexity index is 275. The minimum absolute atomic E-state index is 1.29. The fourth-order valence-corrected chi connectivity index (χ4v) is 2.49. The molecule has 11 heavy (non-hydrogen) atoms. The van der Waals surface area contributed by atoms with Crippen molar-refractivity contribution in [2.75, 3.05) is 0 Å². The van der Waals surface area contributed by atoms with E-state index in [1.165, 1.54) is 29.4 Å². The molecule has 0 aliphatic heterocycles. The second kappa shape index (κ2) is 2.81. The second-order valence-corrected chi connectivity index (χ2v) is 4.31. The van der Waals surface area contributed by atoms with Gasteiger partial charge < -0.3 is 4.57 Å². The number of aromatic nitrogens is 1. The number of nitrogens with zero attached hydrogens (tertiary/aromatic N) is 1. The zero-order valence-electron chi connectivity index (χ0n) is 6.73. The van der Waals surface area contributed by atoms with Gasteiger partial charge in [0.15, 0.2) is 0 Å². The van der Waals surface area contributed by atoms with Crippen LogP contribution in [0.25, 0.3) is 0 Å². The summed E-state index contributed by atoms with van der Waals surface area (Å²) in [7, 11) is 2.17. The Labute approximate surface area is 80.9 Å². The van der Waals surface area contributed by atoms with E-state index in [-0.39, 0.29) is 0 Å². The van der Waals surface area contributed by atoms with Crippen molar-refractivity contribution in [1.29, 1.82) is 0 Å². The molecule has 0 radical (unpaired) electrons. The quantitative estimate of drug-likeness (QED) is 0.632. The van der Waals surface area contributed by atoms with Crippen LogP contribution in [0, 0.1) is 3.70 Å². The van der Waals surface area contributed by atoms with Crippen molar-refractivity contribution in [3.8, 4) is 0 Å². The lowest BCUT2D eigenvalue weighted by molar-refractivity contribution is 0.646. The second-order valence-electron chi connectivity index (χ2n) is 3.21. The van der Waals surface area contributed by atoms with E-state index in [1.54, 1.807) is 11.3 Å². The Morgan fingerprint density at radius 3 is 2.82 bits per heavy atom. The summed E-state index contributed by atoms with van der Waals surface area (Å²) in [6, 6.07) is 2.33. The van der Waals surface area contributed by atoms with Crippen molar-refractivity contribution in [2.24, 2.45) is 7.05 Å². The summed E-state index contributed by atoms with van der Waals surface area (Å²) in [5.41, 5.74) is 3.16. The molecule has 0 saturated heterocycles. The van der Waals surface area contributed by atoms with Gasteiger partial charge in [0, 0.05) is 12.7 Å². The Hall–Kier alpha value is 0.01000. The Morgan fingerprint density at radius 1 is 1.36 bits per heavy atom. The molecule has 0 N–H and O–H groups in total. The third-order valence-corrected chi connectivity index (χ3v) is 3.53. The normalized spacial score (nSPS) is 16.5. The molecular weight excluding hydrogens is 249 g/mol. The standard InChI is InChI=1S/C9H12IN/c1-11-8-5-3-2-4-7(8)6-9(11)10/h6H,2-5H2,1H3. The average molecular weight is 261 g/mol. The predicted molar refractivity (Wildman–Crippen MR) is 54.8 cm³/mol. The van der Waals surface area contributed by atoms with Crippen LogP contribution in [0.15, 0.2) is 6.07 Å². The van der Waals surface area contributed by atoms with Gasteiger partial charge >= 0.3 is 0 Å². The number of halogens is 1. The zero-order chi connectivity index (χ0) is 7.84. The van der Waals surface area contributed by atoms with E-state index < -0.39 is 0 Å². The van der Waals surface area contributed by atoms with Gasteiger partial charge in [-0.1, -0.05) is 0 Å². The van der Waals surface area contributed by atoms with E-state index in [4.69, 9.17) is 0 Å². The number of hydrogen-bond donors (Lipinski definition) is 0. The smallest absolute Gasteiger partial charge is 0.0800 e. The van der Waals surface area contributed by atoms with Crippen LogP contribution in [0.1, 0.15) is 24.1 Å². The minimum atomic E-state index is 1.29. The van der Waals surface area contributed by atoms with E-state index >= 15 is 0 Å². The Morgan fingerprint density at radius 2 is 2.09 bits per heavy atom. The molecule has 1 aromatic rings. The topological polar surface area (TPSA) is 4.93 Å². The average Bonchev–Trinajstić information content (AvgIpc) is 2.30. The van der Waals surface area contributed by atoms with Crippen LogP contribution in [0.4, 0.5) is 0 Å². The number of aryl methyl sites for hydroxylation is 1. The fraction of sp³-hybridized carbons (Fsp3) is 0.556. The first kappa shape index (κ1) is 7.65. The molecule has 2 heteroatoms. The molecule has 0 saturated carbocycles. The maximum Gasteiger partial charge on any atom is 0.0800 e. The van der Waals surface area contributed by atoms with E-state index in [1.807, 2.05) is 0 Å². The first-order chi connectivity index (χ1) is 5.29. The van der Waals surface area contributed by atoms with Crippen molar-refractivity contribution in [3.05, 3.63) is 21.0 Å². The number of hydrogen-bond acceptors (Lipinski definition) is 0. The van der Waals surface area contributed by atoms with Crippen LogP contribution in [-0.4, -0.2) is 4.57 Å². The van der Waals surface area contributed by atoms with Gasteiger partial charge in [-0.3, -0.25) is 0 Å². The predicted octanol–water partition coefficient (Wildman–Crippen LogP) is 2.51. The summed E-state index contributed by atoms with van der Waals surface area (Å²) in [4.78, 5) is 0. The van der Waals surface area contributed by atoms with Gasteiger partial charge in [-0.2, -0.15) is 0 Å². The van der Waals surface area contributed by atoms with E-state index in [0.29, 0.717) is 0 Å². The van der Waals surface area contributed by atoms with Gasteiger partial charge in [-0.15, -0.1) is 0 Å². The minimum Gasteiger partial charge on any atom is -0.343 e. The molecule has 0 aromatic carbocycles. The van der Waals surface area contributed by atoms with E-state index in [2.05, 4.69) is 40.3 Å². The Balaban J connectivity index is 2.50. The first-order valence-corrected chi connectivity index (χ1v) is 5.20. The molecule has 1 heterocycles. The highest BCUT2D eigenvalue weighted by Crippen LogP contribution is 2.24. The molecule has 0 atom stereocenters. The first-order valence-electron chi connectivity index (χ1n) is 4.12. The molecule has 1 aliphatic rings. The summed E-state index contributed by atoms with van der Waals surface area (Å²) in [6.07, 6.45) is 5.34. The van der Waals surface area contributed by atoms with Gasteiger partial charge in [-0.25, -0.2) is 0 Å². The highest BCUT2D eigenvalue weighted by Gasteiger charge is 2.13. The lowest BCUT2D eigenvalue weighted by atomic mass is 9.98.